The van der Waals surface area contributed by atoms with Crippen LogP contribution in [0.5, 0.6) is 5.75 Å². The van der Waals surface area contributed by atoms with E-state index in [0.717, 1.165) is 18.7 Å². The molecular weight excluding hydrogens is 338 g/mol. The zero-order valence-corrected chi connectivity index (χ0v) is 14.6. The number of benzene rings is 2. The molecule has 5 nitrogen and oxygen atoms in total. The smallest absolute Gasteiger partial charge is 0.277 e. The molecule has 3 rings (SSSR count). The molecular formula is C19H20ClN3O2. The summed E-state index contributed by atoms with van der Waals surface area (Å²) in [5.41, 5.74) is 4.62. The van der Waals surface area contributed by atoms with Crippen LogP contribution in [0.2, 0.25) is 5.02 Å². The highest BCUT2D eigenvalue weighted by Gasteiger charge is 2.11. The Morgan fingerprint density at radius 3 is 2.48 bits per heavy atom. The van der Waals surface area contributed by atoms with Gasteiger partial charge < -0.3 is 9.64 Å². The fourth-order valence-corrected chi connectivity index (χ4v) is 2.76. The van der Waals surface area contributed by atoms with E-state index in [4.69, 9.17) is 16.3 Å². The van der Waals surface area contributed by atoms with Gasteiger partial charge in [0.1, 0.15) is 5.75 Å². The van der Waals surface area contributed by atoms with Crippen molar-refractivity contribution in [1.29, 1.82) is 0 Å². The van der Waals surface area contributed by atoms with E-state index in [1.165, 1.54) is 18.5 Å². The van der Waals surface area contributed by atoms with E-state index in [1.807, 2.05) is 12.1 Å². The molecule has 0 radical (unpaired) electrons. The molecule has 0 spiro atoms. The lowest BCUT2D eigenvalue weighted by molar-refractivity contribution is -0.123. The van der Waals surface area contributed by atoms with Crippen LogP contribution < -0.4 is 15.1 Å². The van der Waals surface area contributed by atoms with Crippen LogP contribution in [0.25, 0.3) is 0 Å². The van der Waals surface area contributed by atoms with Gasteiger partial charge in [-0.1, -0.05) is 23.7 Å². The largest absolute Gasteiger partial charge is 0.484 e. The van der Waals surface area contributed by atoms with E-state index in [-0.39, 0.29) is 12.5 Å². The first-order chi connectivity index (χ1) is 12.2. The third-order valence-corrected chi connectivity index (χ3v) is 4.20. The molecule has 1 heterocycles. The van der Waals surface area contributed by atoms with Gasteiger partial charge in [0, 0.05) is 23.8 Å². The number of hydrogen-bond acceptors (Lipinski definition) is 4. The van der Waals surface area contributed by atoms with Crippen LogP contribution in [-0.4, -0.2) is 31.8 Å². The van der Waals surface area contributed by atoms with Crippen molar-refractivity contribution < 1.29 is 9.53 Å². The van der Waals surface area contributed by atoms with Gasteiger partial charge in [-0.05, 0) is 54.8 Å². The molecule has 1 N–H and O–H groups in total. The fourth-order valence-electron chi connectivity index (χ4n) is 2.64. The van der Waals surface area contributed by atoms with Crippen LogP contribution in [0.3, 0.4) is 0 Å². The van der Waals surface area contributed by atoms with Crippen molar-refractivity contribution in [2.45, 2.75) is 12.8 Å². The number of nitrogens with one attached hydrogen (secondary N) is 1. The molecule has 130 valence electrons. The van der Waals surface area contributed by atoms with Crippen LogP contribution in [0.4, 0.5) is 5.69 Å². The molecule has 2 aromatic rings. The van der Waals surface area contributed by atoms with Gasteiger partial charge >= 0.3 is 0 Å². The average Bonchev–Trinajstić information content (AvgIpc) is 3.16. The Morgan fingerprint density at radius 2 is 1.80 bits per heavy atom. The maximum Gasteiger partial charge on any atom is 0.277 e. The summed E-state index contributed by atoms with van der Waals surface area (Å²) in [6, 6.07) is 15.0. The number of rotatable bonds is 6. The van der Waals surface area contributed by atoms with Crippen LogP contribution in [0.15, 0.2) is 53.6 Å². The summed E-state index contributed by atoms with van der Waals surface area (Å²) in [5, 5.41) is 4.58. The predicted octanol–water partition coefficient (Wildman–Crippen LogP) is 3.47. The summed E-state index contributed by atoms with van der Waals surface area (Å²) in [5.74, 6) is 0.265. The lowest BCUT2D eigenvalue weighted by atomic mass is 10.2. The number of anilines is 1. The molecule has 0 bridgehead atoms. The summed E-state index contributed by atoms with van der Waals surface area (Å²) in [4.78, 5) is 14.1. The predicted molar refractivity (Wildman–Crippen MR) is 101 cm³/mol. The second kappa shape index (κ2) is 8.53. The van der Waals surface area contributed by atoms with Gasteiger partial charge in [-0.15, -0.1) is 0 Å². The monoisotopic (exact) mass is 357 g/mol. The number of nitrogens with zero attached hydrogens (tertiary/aromatic N) is 2. The van der Waals surface area contributed by atoms with E-state index < -0.39 is 0 Å². The van der Waals surface area contributed by atoms with Crippen LogP contribution in [0, 0.1) is 0 Å². The highest BCUT2D eigenvalue weighted by atomic mass is 35.5. The van der Waals surface area contributed by atoms with Crippen LogP contribution in [0.1, 0.15) is 18.4 Å². The minimum Gasteiger partial charge on any atom is -0.484 e. The van der Waals surface area contributed by atoms with Gasteiger partial charge in [-0.3, -0.25) is 4.79 Å². The average molecular weight is 358 g/mol. The highest BCUT2D eigenvalue weighted by molar-refractivity contribution is 6.30. The molecule has 0 aliphatic carbocycles. The van der Waals surface area contributed by atoms with Crippen molar-refractivity contribution in [3.63, 3.8) is 0 Å². The normalized spacial score (nSPS) is 14.0. The van der Waals surface area contributed by atoms with Crippen molar-refractivity contribution in [2.75, 3.05) is 24.6 Å². The Bertz CT molecular complexity index is 723. The molecule has 25 heavy (non-hydrogen) atoms. The Balaban J connectivity index is 1.44. The number of carbonyl (C=O) groups excluding carboxylic acids is 1. The van der Waals surface area contributed by atoms with Crippen molar-refractivity contribution in [2.24, 2.45) is 5.10 Å². The summed E-state index contributed by atoms with van der Waals surface area (Å²) in [6.07, 6.45) is 4.13. The molecule has 1 aliphatic rings. The van der Waals surface area contributed by atoms with Gasteiger partial charge in [-0.2, -0.15) is 5.10 Å². The number of carbonyl (C=O) groups is 1. The zero-order valence-electron chi connectivity index (χ0n) is 13.8. The van der Waals surface area contributed by atoms with Crippen LogP contribution >= 0.6 is 11.6 Å². The molecule has 1 amide bonds. The maximum absolute atomic E-state index is 11.7. The number of amides is 1. The number of hydrogen-bond donors (Lipinski definition) is 1. The third-order valence-electron chi connectivity index (χ3n) is 3.95. The summed E-state index contributed by atoms with van der Waals surface area (Å²) >= 11 is 5.79. The highest BCUT2D eigenvalue weighted by Crippen LogP contribution is 2.20. The Morgan fingerprint density at radius 1 is 1.12 bits per heavy atom. The van der Waals surface area contributed by atoms with Crippen molar-refractivity contribution in [3.8, 4) is 5.75 Å². The number of halogens is 1. The molecule has 2 aromatic carbocycles. The van der Waals surface area contributed by atoms with Gasteiger partial charge in [0.15, 0.2) is 6.61 Å². The van der Waals surface area contributed by atoms with Crippen molar-refractivity contribution >= 4 is 29.4 Å². The number of hydrazone groups is 1. The van der Waals surface area contributed by atoms with Crippen LogP contribution in [-0.2, 0) is 4.79 Å². The summed E-state index contributed by atoms with van der Waals surface area (Å²) < 4.78 is 5.35. The standard InChI is InChI=1S/C19H20ClN3O2/c20-16-5-9-18(10-6-16)25-14-19(24)22-21-13-15-3-7-17(8-4-15)23-11-1-2-12-23/h3-10,13H,1-2,11-12,14H2,(H,22,24)/b21-13-. The van der Waals surface area contributed by atoms with E-state index in [0.29, 0.717) is 10.8 Å². The quantitative estimate of drug-likeness (QED) is 0.636. The SMILES string of the molecule is O=C(COc1ccc(Cl)cc1)N/N=C\c1ccc(N2CCCC2)cc1. The second-order valence-corrected chi connectivity index (χ2v) is 6.26. The van der Waals surface area contributed by atoms with Gasteiger partial charge in [-0.25, -0.2) is 5.43 Å². The summed E-state index contributed by atoms with van der Waals surface area (Å²) in [6.45, 7) is 2.14. The fraction of sp³-hybridized carbons (Fsp3) is 0.263. The Kier molecular flexibility index (Phi) is 5.90. The first-order valence-corrected chi connectivity index (χ1v) is 8.64. The lowest BCUT2D eigenvalue weighted by Crippen LogP contribution is -2.24. The molecule has 0 atom stereocenters. The topological polar surface area (TPSA) is 53.9 Å². The Labute approximate surface area is 152 Å². The van der Waals surface area contributed by atoms with Crippen molar-refractivity contribution in [3.05, 3.63) is 59.1 Å². The zero-order chi connectivity index (χ0) is 17.5. The molecule has 1 aliphatic heterocycles. The second-order valence-electron chi connectivity index (χ2n) is 5.82. The minimum absolute atomic E-state index is 0.104. The van der Waals surface area contributed by atoms with Gasteiger partial charge in [0.25, 0.3) is 5.91 Å². The molecule has 6 heteroatoms. The molecule has 1 saturated heterocycles. The van der Waals surface area contributed by atoms with E-state index in [9.17, 15) is 4.79 Å². The van der Waals surface area contributed by atoms with E-state index in [2.05, 4.69) is 27.6 Å². The summed E-state index contributed by atoms with van der Waals surface area (Å²) in [7, 11) is 0. The molecule has 0 saturated carbocycles. The maximum atomic E-state index is 11.7. The van der Waals surface area contributed by atoms with Gasteiger partial charge in [0.2, 0.25) is 0 Å². The first-order valence-electron chi connectivity index (χ1n) is 8.26. The van der Waals surface area contributed by atoms with E-state index in [1.54, 1.807) is 30.5 Å². The number of ether oxygens (including phenoxy) is 1. The lowest BCUT2D eigenvalue weighted by Gasteiger charge is -2.17. The first kappa shape index (κ1) is 17.3. The molecule has 0 unspecified atom stereocenters. The molecule has 0 aromatic heterocycles. The van der Waals surface area contributed by atoms with E-state index >= 15 is 0 Å². The Hall–Kier alpha value is -2.53. The van der Waals surface area contributed by atoms with Crippen molar-refractivity contribution in [1.82, 2.24) is 5.43 Å². The molecule has 1 fully saturated rings. The van der Waals surface area contributed by atoms with Gasteiger partial charge in [0.05, 0.1) is 6.21 Å². The third kappa shape index (κ3) is 5.22. The minimum atomic E-state index is -0.320.